The van der Waals surface area contributed by atoms with Crippen molar-refractivity contribution in [2.24, 2.45) is 0 Å². The van der Waals surface area contributed by atoms with Gasteiger partial charge >= 0.3 is 0 Å². The summed E-state index contributed by atoms with van der Waals surface area (Å²) in [5.74, 6) is 0.685. The van der Waals surface area contributed by atoms with Gasteiger partial charge in [-0.25, -0.2) is 19.9 Å². The Morgan fingerprint density at radius 1 is 0.312 bits per heavy atom. The molecule has 0 radical (unpaired) electrons. The van der Waals surface area contributed by atoms with E-state index in [1.807, 2.05) is 42.5 Å². The normalized spacial score (nSPS) is 11.3. The predicted molar refractivity (Wildman–Crippen MR) is 197 cm³/mol. The number of para-hydroxylation sites is 1. The first-order valence-corrected chi connectivity index (χ1v) is 16.1. The molecule has 0 aliphatic heterocycles. The number of rotatable bonds is 5. The summed E-state index contributed by atoms with van der Waals surface area (Å²) in [6.45, 7) is 0. The van der Waals surface area contributed by atoms with E-state index >= 15 is 0 Å². The molecule has 0 amide bonds. The molecular formula is C44H28N4. The van der Waals surface area contributed by atoms with E-state index < -0.39 is 0 Å². The van der Waals surface area contributed by atoms with Gasteiger partial charge in [-0.3, -0.25) is 0 Å². The van der Waals surface area contributed by atoms with Crippen LogP contribution in [0.15, 0.2) is 170 Å². The Bertz CT molecular complexity index is 2600. The molecule has 0 saturated heterocycles. The lowest BCUT2D eigenvalue weighted by molar-refractivity contribution is 1.23. The minimum absolute atomic E-state index is 0.685. The van der Waals surface area contributed by atoms with Crippen LogP contribution in [0.4, 0.5) is 0 Å². The Morgan fingerprint density at radius 3 is 1.56 bits per heavy atom. The lowest BCUT2D eigenvalue weighted by atomic mass is 10.00. The highest BCUT2D eigenvalue weighted by Gasteiger charge is 2.16. The van der Waals surface area contributed by atoms with E-state index in [0.29, 0.717) is 5.82 Å². The summed E-state index contributed by atoms with van der Waals surface area (Å²) in [7, 11) is 0. The largest absolute Gasteiger partial charge is 0.245 e. The molecule has 9 aromatic rings. The maximum atomic E-state index is 5.31. The van der Waals surface area contributed by atoms with Gasteiger partial charge in [0.2, 0.25) is 0 Å². The van der Waals surface area contributed by atoms with Crippen LogP contribution in [0.1, 0.15) is 0 Å². The molecule has 0 N–H and O–H groups in total. The van der Waals surface area contributed by atoms with E-state index in [9.17, 15) is 0 Å². The number of hydrogen-bond donors (Lipinski definition) is 0. The number of fused-ring (bicyclic) bond motifs is 4. The molecule has 0 spiro atoms. The third kappa shape index (κ3) is 4.97. The Balaban J connectivity index is 1.23. The standard InChI is InChI=1S/C44H28N4/c1-4-12-29(13-5-1)34-18-10-19-35(28-34)38-26-24-31-22-23-32-25-27-39(46-42(32)41(31)45-38)36-20-11-21-37-40(30-14-6-2-7-15-30)47-44(48-43(36)37)33-16-8-3-9-17-33/h1-28H. The number of nitrogens with zero attached hydrogens (tertiary/aromatic N) is 4. The van der Waals surface area contributed by atoms with Crippen molar-refractivity contribution >= 4 is 32.7 Å². The van der Waals surface area contributed by atoms with Crippen LogP contribution in [0, 0.1) is 0 Å². The first kappa shape index (κ1) is 27.8. The maximum Gasteiger partial charge on any atom is 0.160 e. The van der Waals surface area contributed by atoms with Crippen molar-refractivity contribution in [3.8, 4) is 56.3 Å². The van der Waals surface area contributed by atoms with Crippen molar-refractivity contribution in [1.29, 1.82) is 0 Å². The summed E-state index contributed by atoms with van der Waals surface area (Å²) >= 11 is 0. The Kier molecular flexibility index (Phi) is 6.76. The molecule has 0 aliphatic rings. The summed E-state index contributed by atoms with van der Waals surface area (Å²) in [5.41, 5.74) is 11.6. The number of aromatic nitrogens is 4. The van der Waals surface area contributed by atoms with Gasteiger partial charge in [0, 0.05) is 38.4 Å². The lowest BCUT2D eigenvalue weighted by Gasteiger charge is -2.13. The highest BCUT2D eigenvalue weighted by Crippen LogP contribution is 2.36. The summed E-state index contributed by atoms with van der Waals surface area (Å²) < 4.78 is 0. The minimum Gasteiger partial charge on any atom is -0.245 e. The predicted octanol–water partition coefficient (Wildman–Crippen LogP) is 11.1. The molecule has 0 fully saturated rings. The first-order chi connectivity index (χ1) is 23.8. The zero-order chi connectivity index (χ0) is 31.9. The number of benzene rings is 6. The molecule has 0 unspecified atom stereocenters. The zero-order valence-electron chi connectivity index (χ0n) is 26.0. The SMILES string of the molecule is c1ccc(-c2cccc(-c3ccc4ccc5ccc(-c6cccc7c(-c8ccccc8)nc(-c8ccccc8)nc67)nc5c4n3)c2)cc1. The number of hydrogen-bond acceptors (Lipinski definition) is 4. The summed E-state index contributed by atoms with van der Waals surface area (Å²) in [5, 5.41) is 3.07. The van der Waals surface area contributed by atoms with Crippen molar-refractivity contribution in [2.75, 3.05) is 0 Å². The smallest absolute Gasteiger partial charge is 0.160 e. The molecule has 9 rings (SSSR count). The number of pyridine rings is 2. The quantitative estimate of drug-likeness (QED) is 0.181. The molecule has 3 aromatic heterocycles. The van der Waals surface area contributed by atoms with Crippen LogP contribution in [0.3, 0.4) is 0 Å². The van der Waals surface area contributed by atoms with E-state index in [1.54, 1.807) is 0 Å². The average Bonchev–Trinajstić information content (AvgIpc) is 3.18. The van der Waals surface area contributed by atoms with E-state index in [4.69, 9.17) is 19.9 Å². The van der Waals surface area contributed by atoms with Crippen LogP contribution >= 0.6 is 0 Å². The molecule has 0 aliphatic carbocycles. The first-order valence-electron chi connectivity index (χ1n) is 16.1. The van der Waals surface area contributed by atoms with Gasteiger partial charge in [-0.1, -0.05) is 152 Å². The zero-order valence-corrected chi connectivity index (χ0v) is 26.0. The second-order valence-electron chi connectivity index (χ2n) is 11.9. The fourth-order valence-electron chi connectivity index (χ4n) is 6.46. The third-order valence-electron chi connectivity index (χ3n) is 8.87. The summed E-state index contributed by atoms with van der Waals surface area (Å²) in [4.78, 5) is 20.8. The van der Waals surface area contributed by atoms with Crippen LogP contribution in [0.5, 0.6) is 0 Å². The van der Waals surface area contributed by atoms with E-state index in [-0.39, 0.29) is 0 Å². The molecule has 0 atom stereocenters. The van der Waals surface area contributed by atoms with Crippen LogP contribution in [0.2, 0.25) is 0 Å². The molecule has 6 aromatic carbocycles. The monoisotopic (exact) mass is 612 g/mol. The topological polar surface area (TPSA) is 51.6 Å². The van der Waals surface area contributed by atoms with Crippen LogP contribution in [-0.2, 0) is 0 Å². The summed E-state index contributed by atoms with van der Waals surface area (Å²) in [6, 6.07) is 58.5. The second-order valence-corrected chi connectivity index (χ2v) is 11.9. The van der Waals surface area contributed by atoms with Gasteiger partial charge in [0.1, 0.15) is 0 Å². The molecule has 0 saturated carbocycles. The summed E-state index contributed by atoms with van der Waals surface area (Å²) in [6.07, 6.45) is 0. The molecule has 48 heavy (non-hydrogen) atoms. The molecule has 224 valence electrons. The highest BCUT2D eigenvalue weighted by atomic mass is 14.9. The van der Waals surface area contributed by atoms with Gasteiger partial charge in [0.05, 0.1) is 33.6 Å². The fourth-order valence-corrected chi connectivity index (χ4v) is 6.46. The molecule has 0 bridgehead atoms. The Hall–Kier alpha value is -6.52. The van der Waals surface area contributed by atoms with Crippen molar-refractivity contribution in [2.45, 2.75) is 0 Å². The van der Waals surface area contributed by atoms with Crippen LogP contribution < -0.4 is 0 Å². The highest BCUT2D eigenvalue weighted by molar-refractivity contribution is 6.06. The van der Waals surface area contributed by atoms with Gasteiger partial charge in [-0.2, -0.15) is 0 Å². The molecular weight excluding hydrogens is 585 g/mol. The van der Waals surface area contributed by atoms with E-state index in [2.05, 4.69) is 127 Å². The molecule has 4 nitrogen and oxygen atoms in total. The fraction of sp³-hybridized carbons (Fsp3) is 0. The third-order valence-corrected chi connectivity index (χ3v) is 8.87. The van der Waals surface area contributed by atoms with Crippen molar-refractivity contribution < 1.29 is 0 Å². The minimum atomic E-state index is 0.685. The molecule has 3 heterocycles. The van der Waals surface area contributed by atoms with Gasteiger partial charge < -0.3 is 0 Å². The lowest BCUT2D eigenvalue weighted by Crippen LogP contribution is -1.97. The van der Waals surface area contributed by atoms with Crippen molar-refractivity contribution in [3.63, 3.8) is 0 Å². The van der Waals surface area contributed by atoms with Crippen LogP contribution in [0.25, 0.3) is 89.0 Å². The van der Waals surface area contributed by atoms with Crippen molar-refractivity contribution in [1.82, 2.24) is 19.9 Å². The van der Waals surface area contributed by atoms with Crippen LogP contribution in [-0.4, -0.2) is 19.9 Å². The van der Waals surface area contributed by atoms with Crippen molar-refractivity contribution in [3.05, 3.63) is 170 Å². The second kappa shape index (κ2) is 11.7. The van der Waals surface area contributed by atoms with E-state index in [1.165, 1.54) is 5.56 Å². The van der Waals surface area contributed by atoms with E-state index in [0.717, 1.165) is 77.6 Å². The maximum absolute atomic E-state index is 5.31. The van der Waals surface area contributed by atoms with Gasteiger partial charge in [0.25, 0.3) is 0 Å². The Morgan fingerprint density at radius 2 is 0.854 bits per heavy atom. The van der Waals surface area contributed by atoms with Gasteiger partial charge in [-0.15, -0.1) is 0 Å². The molecule has 4 heteroatoms. The van der Waals surface area contributed by atoms with Gasteiger partial charge in [-0.05, 0) is 29.3 Å². The Labute approximate surface area is 278 Å². The average molecular weight is 613 g/mol. The van der Waals surface area contributed by atoms with Gasteiger partial charge in [0.15, 0.2) is 5.82 Å².